The van der Waals surface area contributed by atoms with E-state index in [9.17, 15) is 18.0 Å². The topological polar surface area (TPSA) is 32.3 Å². The zero-order valence-electron chi connectivity index (χ0n) is 14.4. The summed E-state index contributed by atoms with van der Waals surface area (Å²) in [5.41, 5.74) is 2.74. The third-order valence-corrected chi connectivity index (χ3v) is 4.41. The fourth-order valence-electron chi connectivity index (χ4n) is 2.97. The summed E-state index contributed by atoms with van der Waals surface area (Å²) in [4.78, 5) is 11.8. The Bertz CT molecular complexity index is 567. The standard InChI is InChI=1S/C18H25F3N2O/c1-4-5-6-7-13-8-10-14(11-9-13)15(18(19,20)21)23-12-17(2,3)16(24)22-23/h8-11,15H,4-7,12H2,1-3H3,(H,22,24). The Morgan fingerprint density at radius 3 is 2.29 bits per heavy atom. The van der Waals surface area contributed by atoms with E-state index in [1.807, 2.05) is 0 Å². The number of rotatable bonds is 6. The molecule has 0 radical (unpaired) electrons. The molecule has 134 valence electrons. The average Bonchev–Trinajstić information content (AvgIpc) is 2.73. The zero-order valence-corrected chi connectivity index (χ0v) is 14.4. The lowest BCUT2D eigenvalue weighted by Crippen LogP contribution is -2.43. The quantitative estimate of drug-likeness (QED) is 0.778. The molecule has 1 aliphatic rings. The van der Waals surface area contributed by atoms with Gasteiger partial charge in [-0.3, -0.25) is 10.2 Å². The molecule has 1 fully saturated rings. The highest BCUT2D eigenvalue weighted by Crippen LogP contribution is 2.40. The first-order valence-electron chi connectivity index (χ1n) is 8.38. The molecule has 3 nitrogen and oxygen atoms in total. The van der Waals surface area contributed by atoms with Gasteiger partial charge in [0.05, 0.1) is 5.41 Å². The van der Waals surface area contributed by atoms with Crippen LogP contribution < -0.4 is 5.43 Å². The van der Waals surface area contributed by atoms with Gasteiger partial charge in [-0.15, -0.1) is 0 Å². The summed E-state index contributed by atoms with van der Waals surface area (Å²) in [7, 11) is 0. The number of alkyl halides is 3. The number of hydrazine groups is 1. The number of unbranched alkanes of at least 4 members (excludes halogenated alkanes) is 2. The second kappa shape index (κ2) is 7.13. The van der Waals surface area contributed by atoms with Gasteiger partial charge in [0.25, 0.3) is 0 Å². The molecular weight excluding hydrogens is 317 g/mol. The third-order valence-electron chi connectivity index (χ3n) is 4.41. The minimum Gasteiger partial charge on any atom is -0.287 e. The van der Waals surface area contributed by atoms with Crippen LogP contribution in [-0.2, 0) is 11.2 Å². The maximum atomic E-state index is 13.6. The van der Waals surface area contributed by atoms with E-state index in [1.54, 1.807) is 26.0 Å². The maximum Gasteiger partial charge on any atom is 0.409 e. The van der Waals surface area contributed by atoms with E-state index in [0.717, 1.165) is 36.3 Å². The van der Waals surface area contributed by atoms with Crippen LogP contribution in [-0.4, -0.2) is 23.6 Å². The van der Waals surface area contributed by atoms with Gasteiger partial charge in [0.2, 0.25) is 5.91 Å². The molecule has 1 amide bonds. The van der Waals surface area contributed by atoms with Crippen LogP contribution in [0.4, 0.5) is 13.2 Å². The van der Waals surface area contributed by atoms with Crippen LogP contribution in [0, 0.1) is 5.41 Å². The van der Waals surface area contributed by atoms with Gasteiger partial charge in [-0.2, -0.15) is 13.2 Å². The van der Waals surface area contributed by atoms with E-state index in [-0.39, 0.29) is 18.0 Å². The molecule has 1 aliphatic heterocycles. The molecule has 1 aromatic rings. The summed E-state index contributed by atoms with van der Waals surface area (Å²) in [5, 5.41) is 1.01. The van der Waals surface area contributed by atoms with Crippen molar-refractivity contribution in [2.75, 3.05) is 6.54 Å². The van der Waals surface area contributed by atoms with Crippen LogP contribution in [0.3, 0.4) is 0 Å². The summed E-state index contributed by atoms with van der Waals surface area (Å²) in [5.74, 6) is -0.382. The van der Waals surface area contributed by atoms with Gasteiger partial charge in [0, 0.05) is 6.54 Å². The van der Waals surface area contributed by atoms with E-state index in [1.165, 1.54) is 12.1 Å². The van der Waals surface area contributed by atoms with Gasteiger partial charge in [-0.05, 0) is 37.8 Å². The Labute approximate surface area is 141 Å². The summed E-state index contributed by atoms with van der Waals surface area (Å²) < 4.78 is 40.8. The number of nitrogens with one attached hydrogen (secondary N) is 1. The fourth-order valence-corrected chi connectivity index (χ4v) is 2.97. The van der Waals surface area contributed by atoms with E-state index >= 15 is 0 Å². The van der Waals surface area contributed by atoms with Crippen molar-refractivity contribution in [1.29, 1.82) is 0 Å². The molecule has 0 saturated carbocycles. The Hall–Kier alpha value is -1.56. The van der Waals surface area contributed by atoms with Gasteiger partial charge in [-0.25, -0.2) is 5.01 Å². The summed E-state index contributed by atoms with van der Waals surface area (Å²) >= 11 is 0. The second-order valence-corrected chi connectivity index (χ2v) is 7.10. The molecule has 1 N–H and O–H groups in total. The number of benzene rings is 1. The van der Waals surface area contributed by atoms with Gasteiger partial charge >= 0.3 is 6.18 Å². The van der Waals surface area contributed by atoms with E-state index in [2.05, 4.69) is 12.3 Å². The van der Waals surface area contributed by atoms with Crippen LogP contribution in [0.5, 0.6) is 0 Å². The highest BCUT2D eigenvalue weighted by atomic mass is 19.4. The molecule has 24 heavy (non-hydrogen) atoms. The molecule has 1 saturated heterocycles. The molecule has 1 atom stereocenters. The third kappa shape index (κ3) is 4.29. The van der Waals surface area contributed by atoms with Gasteiger partial charge in [0.15, 0.2) is 0 Å². The lowest BCUT2D eigenvalue weighted by Gasteiger charge is -2.30. The van der Waals surface area contributed by atoms with Crippen molar-refractivity contribution in [2.45, 2.75) is 58.7 Å². The van der Waals surface area contributed by atoms with Crippen LogP contribution >= 0.6 is 0 Å². The predicted molar refractivity (Wildman–Crippen MR) is 87.1 cm³/mol. The van der Waals surface area contributed by atoms with Gasteiger partial charge in [-0.1, -0.05) is 44.0 Å². The smallest absolute Gasteiger partial charge is 0.287 e. The number of nitrogens with zero attached hydrogens (tertiary/aromatic N) is 1. The van der Waals surface area contributed by atoms with E-state index in [0.29, 0.717) is 0 Å². The minimum atomic E-state index is -4.46. The van der Waals surface area contributed by atoms with E-state index < -0.39 is 17.6 Å². The minimum absolute atomic E-state index is 0.0221. The van der Waals surface area contributed by atoms with Crippen LogP contribution in [0.15, 0.2) is 24.3 Å². The van der Waals surface area contributed by atoms with Crippen molar-refractivity contribution in [3.8, 4) is 0 Å². The molecule has 6 heteroatoms. The van der Waals surface area contributed by atoms with Crippen LogP contribution in [0.1, 0.15) is 57.2 Å². The molecular formula is C18H25F3N2O. The number of amides is 1. The first kappa shape index (κ1) is 18.8. The first-order chi connectivity index (χ1) is 11.1. The van der Waals surface area contributed by atoms with Gasteiger partial charge < -0.3 is 0 Å². The lowest BCUT2D eigenvalue weighted by molar-refractivity contribution is -0.191. The zero-order chi connectivity index (χ0) is 18.0. The number of carbonyl (C=O) groups excluding carboxylic acids is 1. The van der Waals surface area contributed by atoms with Gasteiger partial charge in [0.1, 0.15) is 6.04 Å². The summed E-state index contributed by atoms with van der Waals surface area (Å²) in [6.45, 7) is 5.43. The normalized spacial score (nSPS) is 19.3. The van der Waals surface area contributed by atoms with Crippen molar-refractivity contribution in [1.82, 2.24) is 10.4 Å². The van der Waals surface area contributed by atoms with Crippen LogP contribution in [0.25, 0.3) is 0 Å². The molecule has 0 bridgehead atoms. The number of hydrogen-bond acceptors (Lipinski definition) is 2. The van der Waals surface area contributed by atoms with Crippen LogP contribution in [0.2, 0.25) is 0 Å². The summed E-state index contributed by atoms with van der Waals surface area (Å²) in [6, 6.07) is 4.74. The lowest BCUT2D eigenvalue weighted by atomic mass is 9.93. The maximum absolute atomic E-state index is 13.6. The molecule has 0 spiro atoms. The molecule has 1 aromatic carbocycles. The number of hydrogen-bond donors (Lipinski definition) is 1. The van der Waals surface area contributed by atoms with Crippen molar-refractivity contribution >= 4 is 5.91 Å². The average molecular weight is 342 g/mol. The van der Waals surface area contributed by atoms with E-state index in [4.69, 9.17) is 0 Å². The number of aryl methyl sites for hydroxylation is 1. The SMILES string of the molecule is CCCCCc1ccc(C(N2CC(C)(C)C(=O)N2)C(F)(F)F)cc1. The highest BCUT2D eigenvalue weighted by molar-refractivity contribution is 5.83. The second-order valence-electron chi connectivity index (χ2n) is 7.10. The Balaban J connectivity index is 2.19. The fraction of sp³-hybridized carbons (Fsp3) is 0.611. The Morgan fingerprint density at radius 2 is 1.83 bits per heavy atom. The first-order valence-corrected chi connectivity index (χ1v) is 8.38. The molecule has 0 aromatic heterocycles. The molecule has 0 aliphatic carbocycles. The van der Waals surface area contributed by atoms with Crippen molar-refractivity contribution in [3.63, 3.8) is 0 Å². The van der Waals surface area contributed by atoms with Crippen molar-refractivity contribution in [3.05, 3.63) is 35.4 Å². The molecule has 1 heterocycles. The number of halogens is 3. The molecule has 2 rings (SSSR count). The highest BCUT2D eigenvalue weighted by Gasteiger charge is 2.51. The Morgan fingerprint density at radius 1 is 1.21 bits per heavy atom. The monoisotopic (exact) mass is 342 g/mol. The van der Waals surface area contributed by atoms with Crippen molar-refractivity contribution < 1.29 is 18.0 Å². The summed E-state index contributed by atoms with van der Waals surface area (Å²) in [6.07, 6.45) is -0.328. The Kier molecular flexibility index (Phi) is 5.58. The predicted octanol–water partition coefficient (Wildman–Crippen LogP) is 4.40. The van der Waals surface area contributed by atoms with Crippen molar-refractivity contribution in [2.24, 2.45) is 5.41 Å². The molecule has 1 unspecified atom stereocenters. The number of carbonyl (C=O) groups is 1. The largest absolute Gasteiger partial charge is 0.409 e.